The van der Waals surface area contributed by atoms with Gasteiger partial charge >= 0.3 is 6.09 Å². The van der Waals surface area contributed by atoms with Gasteiger partial charge in [0, 0.05) is 33.3 Å². The highest BCUT2D eigenvalue weighted by Gasteiger charge is 2.39. The summed E-state index contributed by atoms with van der Waals surface area (Å²) in [5.41, 5.74) is 9.19. The number of likely N-dealkylation sites (tertiary alicyclic amines) is 2. The number of halogens is 3. The van der Waals surface area contributed by atoms with Crippen molar-refractivity contribution in [1.29, 1.82) is 0 Å². The topological polar surface area (TPSA) is 112 Å². The number of nitrogens with zero attached hydrogens (tertiary/aromatic N) is 3. The highest BCUT2D eigenvalue weighted by molar-refractivity contribution is 6.31. The first-order valence-electron chi connectivity index (χ1n) is 15.9. The van der Waals surface area contributed by atoms with Crippen molar-refractivity contribution < 1.29 is 27.8 Å². The Morgan fingerprint density at radius 2 is 1.74 bits per heavy atom. The average molecular weight is 679 g/mol. The second-order valence-corrected chi connectivity index (χ2v) is 12.9. The number of amides is 2. The van der Waals surface area contributed by atoms with Crippen LogP contribution in [0, 0.1) is 17.6 Å². The Bertz CT molecular complexity index is 1320. The molecule has 2 saturated heterocycles. The minimum Gasteiger partial charge on any atom is -0.444 e. The van der Waals surface area contributed by atoms with Crippen molar-refractivity contribution in [3.05, 3.63) is 76.6 Å². The van der Waals surface area contributed by atoms with Gasteiger partial charge in [-0.1, -0.05) is 35.9 Å². The van der Waals surface area contributed by atoms with Crippen LogP contribution in [-0.2, 0) is 14.3 Å². The van der Waals surface area contributed by atoms with Crippen LogP contribution < -0.4 is 21.5 Å². The summed E-state index contributed by atoms with van der Waals surface area (Å²) >= 11 is 6.64. The van der Waals surface area contributed by atoms with E-state index in [1.54, 1.807) is 18.1 Å². The van der Waals surface area contributed by atoms with Crippen LogP contribution in [-0.4, -0.2) is 87.4 Å². The molecule has 3 heterocycles. The van der Waals surface area contributed by atoms with Crippen molar-refractivity contribution in [2.24, 2.45) is 11.7 Å². The van der Waals surface area contributed by atoms with E-state index in [0.717, 1.165) is 50.1 Å². The number of anilines is 1. The van der Waals surface area contributed by atoms with Crippen LogP contribution in [0.3, 0.4) is 0 Å². The molecule has 2 aromatic rings. The molecule has 4 N–H and O–H groups in total. The van der Waals surface area contributed by atoms with Gasteiger partial charge in [0.1, 0.15) is 11.4 Å². The summed E-state index contributed by atoms with van der Waals surface area (Å²) in [5, 5.41) is 5.09. The summed E-state index contributed by atoms with van der Waals surface area (Å²) in [5.74, 6) is -0.437. The zero-order valence-electron chi connectivity index (χ0n) is 28.0. The average Bonchev–Trinajstić information content (AvgIpc) is 3.67. The zero-order chi connectivity index (χ0) is 34.6. The standard InChI is InChI=1S/C20H27ClN4O3.C13H17F2NO.CH5N/c1-20(2,3)28-19(27)24-11-9-14(10-12-24)17-16(21)18(22-13-26)25(23-17)15-7-5-4-6-8-15;1-17-7-6-16-5-4-11(9-16)10-2-3-12(14)13(15)8-10;1-2/h4-8,13-14,17,23H,9-12H2,1-3H3,(H,22,26);2-3,8,11H,4-7,9H2,1H3;2H2,1H3. The predicted octanol–water partition coefficient (Wildman–Crippen LogP) is 5.16. The fourth-order valence-corrected chi connectivity index (χ4v) is 6.20. The quantitative estimate of drug-likeness (QED) is 0.329. The molecular weight excluding hydrogens is 630 g/mol. The van der Waals surface area contributed by atoms with Gasteiger partial charge in [0.05, 0.1) is 23.4 Å². The van der Waals surface area contributed by atoms with E-state index in [-0.39, 0.29) is 18.1 Å². The Kier molecular flexibility index (Phi) is 14.9. The van der Waals surface area contributed by atoms with Gasteiger partial charge in [-0.3, -0.25) is 9.80 Å². The summed E-state index contributed by atoms with van der Waals surface area (Å²) in [6, 6.07) is 13.8. The molecule has 0 aromatic heterocycles. The van der Waals surface area contributed by atoms with Crippen molar-refractivity contribution >= 4 is 29.8 Å². The zero-order valence-corrected chi connectivity index (χ0v) is 28.7. The van der Waals surface area contributed by atoms with Crippen molar-refractivity contribution in [3.8, 4) is 0 Å². The van der Waals surface area contributed by atoms with Gasteiger partial charge in [-0.25, -0.2) is 19.0 Å². The molecule has 2 atom stereocenters. The molecule has 0 saturated carbocycles. The van der Waals surface area contributed by atoms with Gasteiger partial charge in [-0.15, -0.1) is 0 Å². The van der Waals surface area contributed by atoms with Crippen LogP contribution in [0.4, 0.5) is 19.3 Å². The lowest BCUT2D eigenvalue weighted by molar-refractivity contribution is -0.109. The molecule has 260 valence electrons. The fourth-order valence-electron chi connectivity index (χ4n) is 5.83. The molecule has 47 heavy (non-hydrogen) atoms. The Balaban J connectivity index is 0.000000270. The third kappa shape index (κ3) is 10.9. The first-order valence-corrected chi connectivity index (χ1v) is 16.3. The third-order valence-electron chi connectivity index (χ3n) is 8.16. The smallest absolute Gasteiger partial charge is 0.410 e. The van der Waals surface area contributed by atoms with E-state index in [2.05, 4.69) is 21.4 Å². The van der Waals surface area contributed by atoms with E-state index in [9.17, 15) is 18.4 Å². The maximum absolute atomic E-state index is 13.1. The van der Waals surface area contributed by atoms with E-state index in [1.807, 2.05) is 56.1 Å². The minimum absolute atomic E-state index is 0.120. The molecule has 0 spiro atoms. The highest BCUT2D eigenvalue weighted by atomic mass is 35.5. The molecule has 2 unspecified atom stereocenters. The molecule has 0 bridgehead atoms. The molecule has 3 aliphatic heterocycles. The second-order valence-electron chi connectivity index (χ2n) is 12.5. The molecule has 2 amide bonds. The number of carbonyl (C=O) groups is 2. The van der Waals surface area contributed by atoms with Crippen molar-refractivity contribution in [2.75, 3.05) is 58.5 Å². The normalized spacial score (nSPS) is 20.3. The number of nitrogens with two attached hydrogens (primary N) is 1. The lowest BCUT2D eigenvalue weighted by Crippen LogP contribution is -2.48. The van der Waals surface area contributed by atoms with Gasteiger partial charge in [-0.2, -0.15) is 0 Å². The number of para-hydroxylation sites is 1. The number of nitrogens with one attached hydrogen (secondary N) is 2. The van der Waals surface area contributed by atoms with Gasteiger partial charge in [0.15, 0.2) is 11.6 Å². The maximum Gasteiger partial charge on any atom is 0.410 e. The molecule has 2 fully saturated rings. The van der Waals surface area contributed by atoms with Crippen LogP contribution in [0.25, 0.3) is 0 Å². The highest BCUT2D eigenvalue weighted by Crippen LogP contribution is 2.35. The summed E-state index contributed by atoms with van der Waals surface area (Å²) in [4.78, 5) is 27.4. The van der Waals surface area contributed by atoms with Crippen LogP contribution >= 0.6 is 11.6 Å². The number of benzene rings is 2. The van der Waals surface area contributed by atoms with Crippen LogP contribution in [0.2, 0.25) is 0 Å². The van der Waals surface area contributed by atoms with Gasteiger partial charge < -0.3 is 30.3 Å². The summed E-state index contributed by atoms with van der Waals surface area (Å²) in [7, 11) is 3.18. The number of piperidine rings is 1. The van der Waals surface area contributed by atoms with Crippen LogP contribution in [0.1, 0.15) is 51.5 Å². The Morgan fingerprint density at radius 3 is 2.34 bits per heavy atom. The minimum atomic E-state index is -0.775. The number of methoxy groups -OCH3 is 1. The Hall–Kier alpha value is -3.29. The lowest BCUT2D eigenvalue weighted by atomic mass is 9.90. The predicted molar refractivity (Wildman–Crippen MR) is 181 cm³/mol. The molecule has 2 aromatic carbocycles. The monoisotopic (exact) mass is 678 g/mol. The fraction of sp³-hybridized carbons (Fsp3) is 0.529. The molecule has 0 aliphatic carbocycles. The lowest BCUT2D eigenvalue weighted by Gasteiger charge is -2.36. The summed E-state index contributed by atoms with van der Waals surface area (Å²) in [6.07, 6.45) is 2.94. The number of ether oxygens (including phenoxy) is 2. The SMILES string of the molecule is CC(C)(C)OC(=O)N1CCC(C2NN(c3ccccc3)C(NC=O)=C2Cl)CC1.CN.COCCN1CCC(c2ccc(F)c(F)c2)C1. The van der Waals surface area contributed by atoms with Gasteiger partial charge in [0.25, 0.3) is 0 Å². The Labute approximate surface area is 282 Å². The summed E-state index contributed by atoms with van der Waals surface area (Å²) < 4.78 is 36.4. The first kappa shape index (κ1) is 38.2. The van der Waals surface area contributed by atoms with E-state index < -0.39 is 17.2 Å². The van der Waals surface area contributed by atoms with E-state index in [1.165, 1.54) is 19.2 Å². The van der Waals surface area contributed by atoms with Gasteiger partial charge in [-0.05, 0) is 95.3 Å². The molecular formula is C34H49ClF2N6O4. The van der Waals surface area contributed by atoms with Crippen molar-refractivity contribution in [3.63, 3.8) is 0 Å². The Morgan fingerprint density at radius 1 is 1.06 bits per heavy atom. The van der Waals surface area contributed by atoms with Crippen molar-refractivity contribution in [2.45, 2.75) is 57.6 Å². The largest absolute Gasteiger partial charge is 0.444 e. The van der Waals surface area contributed by atoms with Crippen molar-refractivity contribution in [1.82, 2.24) is 20.5 Å². The van der Waals surface area contributed by atoms with Crippen LogP contribution in [0.5, 0.6) is 0 Å². The van der Waals surface area contributed by atoms with E-state index in [4.69, 9.17) is 21.1 Å². The summed E-state index contributed by atoms with van der Waals surface area (Å²) in [6.45, 7) is 10.3. The molecule has 5 rings (SSSR count). The number of hydrogen-bond acceptors (Lipinski definition) is 8. The molecule has 3 aliphatic rings. The van der Waals surface area contributed by atoms with Gasteiger partial charge in [0.2, 0.25) is 6.41 Å². The maximum atomic E-state index is 13.1. The number of hydrogen-bond donors (Lipinski definition) is 3. The number of rotatable bonds is 8. The van der Waals surface area contributed by atoms with Crippen LogP contribution in [0.15, 0.2) is 59.4 Å². The second kappa shape index (κ2) is 18.3. The number of hydrazine groups is 1. The molecule has 0 radical (unpaired) electrons. The van der Waals surface area contributed by atoms with E-state index >= 15 is 0 Å². The van der Waals surface area contributed by atoms with E-state index in [0.29, 0.717) is 42.9 Å². The first-order chi connectivity index (χ1) is 22.5. The number of carbonyl (C=O) groups excluding carboxylic acids is 2. The molecule has 10 nitrogen and oxygen atoms in total. The molecule has 13 heteroatoms. The third-order valence-corrected chi connectivity index (χ3v) is 8.58.